The second-order valence-corrected chi connectivity index (χ2v) is 17.0. The first kappa shape index (κ1) is 40.0. The Morgan fingerprint density at radius 1 is 1.04 bits per heavy atom. The first-order valence-electron chi connectivity index (χ1n) is 19.1. The molecule has 12 heteroatoms. The van der Waals surface area contributed by atoms with Crippen molar-refractivity contribution in [3.05, 3.63) is 29.8 Å². The fraction of sp³-hybridized carbons (Fsp3) is 0.769. The zero-order valence-corrected chi connectivity index (χ0v) is 31.4. The molecule has 5 rings (SSSR count). The van der Waals surface area contributed by atoms with Crippen LogP contribution in [0, 0.1) is 34.0 Å². The van der Waals surface area contributed by atoms with Gasteiger partial charge >= 0.3 is 18.1 Å². The van der Waals surface area contributed by atoms with E-state index in [0.29, 0.717) is 38.1 Å². The van der Waals surface area contributed by atoms with Gasteiger partial charge in [-0.25, -0.2) is 0 Å². The summed E-state index contributed by atoms with van der Waals surface area (Å²) in [5, 5.41) is 5.68. The van der Waals surface area contributed by atoms with Crippen molar-refractivity contribution in [1.29, 1.82) is 0 Å². The third kappa shape index (κ3) is 8.65. The summed E-state index contributed by atoms with van der Waals surface area (Å²) >= 11 is 1.39. The van der Waals surface area contributed by atoms with Crippen LogP contribution < -0.4 is 16.4 Å². The highest BCUT2D eigenvalue weighted by Gasteiger charge is 2.70. The van der Waals surface area contributed by atoms with Crippen LogP contribution in [0.5, 0.6) is 0 Å². The number of nitrogens with one attached hydrogen (secondary N) is 2. The monoisotopic (exact) mass is 737 g/mol. The van der Waals surface area contributed by atoms with E-state index in [2.05, 4.69) is 26.1 Å². The van der Waals surface area contributed by atoms with Crippen LogP contribution in [0.4, 0.5) is 13.2 Å². The van der Waals surface area contributed by atoms with Gasteiger partial charge in [0.2, 0.25) is 0 Å². The molecule has 1 aliphatic heterocycles. The number of carbonyl (C=O) groups excluding carboxylic acids is 3. The van der Waals surface area contributed by atoms with Gasteiger partial charge < -0.3 is 25.8 Å². The number of unbranched alkanes of at least 4 members (excludes halogenated alkanes) is 3. The fourth-order valence-electron chi connectivity index (χ4n) is 10.2. The number of amides is 1. The van der Waals surface area contributed by atoms with Crippen molar-refractivity contribution in [3.63, 3.8) is 0 Å². The van der Waals surface area contributed by atoms with E-state index >= 15 is 0 Å². The standard InChI is InChI=1S/C39H58F3N3O5S/c1-26-14-16-38-17-15-30(46)33(38)36(26,3)31(23-37(18-22-49-34(37)27(38)2)25-44-20-7-5-4-6-19-43)50-32(47)24-51-29-12-10-28(11-13-29)9-8-21-45-35(48)39(40,41)42/h10-13,26-27,31,33-34,44H,4-9,14-25,43H2,1-3H3,(H,45,48)/t26-,27+,31-,33+,34+,36+,37-,38+/m1/s1. The van der Waals surface area contributed by atoms with E-state index in [4.69, 9.17) is 15.2 Å². The van der Waals surface area contributed by atoms with E-state index in [1.807, 2.05) is 29.6 Å². The number of thioether (sulfide) groups is 1. The minimum atomic E-state index is -4.88. The number of nitrogens with two attached hydrogens (primary N) is 1. The average Bonchev–Trinajstić information content (AvgIpc) is 3.67. The van der Waals surface area contributed by atoms with Crippen LogP contribution in [0.1, 0.15) is 97.0 Å². The molecular weight excluding hydrogens is 680 g/mol. The van der Waals surface area contributed by atoms with Gasteiger partial charge in [0.15, 0.2) is 0 Å². The minimum absolute atomic E-state index is 0.0106. The number of benzene rings is 1. The number of esters is 1. The highest BCUT2D eigenvalue weighted by atomic mass is 32.2. The van der Waals surface area contributed by atoms with Gasteiger partial charge in [-0.1, -0.05) is 45.7 Å². The third-order valence-electron chi connectivity index (χ3n) is 13.1. The second kappa shape index (κ2) is 16.9. The summed E-state index contributed by atoms with van der Waals surface area (Å²) < 4.78 is 50.5. The Bertz CT molecular complexity index is 1360. The Labute approximate surface area is 305 Å². The lowest BCUT2D eigenvalue weighted by Crippen LogP contribution is -2.64. The SMILES string of the molecule is C[C@@H]1CC[C@@]23CCC(=O)[C@H]2[C@]1(C)[C@H](OC(=O)CSc1ccc(CCCNC(=O)C(F)(F)F)cc1)C[C@@]1(CNCCCCCCN)CCO[C@H]1[C@@H]3C. The normalized spacial score (nSPS) is 33.2. The van der Waals surface area contributed by atoms with Crippen molar-refractivity contribution in [2.45, 2.75) is 121 Å². The average molecular weight is 738 g/mol. The lowest BCUT2D eigenvalue weighted by Gasteiger charge is -2.62. The molecule has 4 aliphatic rings. The number of rotatable bonds is 16. The molecule has 1 heterocycles. The largest absolute Gasteiger partial charge is 0.471 e. The number of ether oxygens (including phenoxy) is 2. The number of ketones is 1. The van der Waals surface area contributed by atoms with E-state index in [9.17, 15) is 27.6 Å². The van der Waals surface area contributed by atoms with Crippen molar-refractivity contribution < 1.29 is 37.0 Å². The maximum atomic E-state index is 13.9. The Kier molecular flexibility index (Phi) is 13.3. The fourth-order valence-corrected chi connectivity index (χ4v) is 10.9. The van der Waals surface area contributed by atoms with Gasteiger partial charge in [-0.15, -0.1) is 11.8 Å². The molecule has 1 aromatic carbocycles. The van der Waals surface area contributed by atoms with E-state index < -0.39 is 23.6 Å². The molecule has 3 saturated carbocycles. The van der Waals surface area contributed by atoms with Crippen molar-refractivity contribution in [2.75, 3.05) is 38.5 Å². The first-order chi connectivity index (χ1) is 24.3. The number of hydrogen-bond acceptors (Lipinski definition) is 8. The molecule has 2 bridgehead atoms. The van der Waals surface area contributed by atoms with Crippen LogP contribution in [0.25, 0.3) is 0 Å². The number of carbonyl (C=O) groups is 3. The molecule has 1 amide bonds. The van der Waals surface area contributed by atoms with Gasteiger partial charge in [0.1, 0.15) is 11.9 Å². The molecular formula is C39H58F3N3O5S. The molecule has 1 aromatic rings. The lowest BCUT2D eigenvalue weighted by molar-refractivity contribution is -0.206. The number of Topliss-reactive ketones (excluding diaryl/α,β-unsaturated/α-hetero) is 1. The summed E-state index contributed by atoms with van der Waals surface area (Å²) in [5.41, 5.74) is 5.76. The summed E-state index contributed by atoms with van der Waals surface area (Å²) in [4.78, 5) is 39.6. The molecule has 8 atom stereocenters. The van der Waals surface area contributed by atoms with Gasteiger partial charge in [0, 0.05) is 47.8 Å². The maximum absolute atomic E-state index is 13.9. The molecule has 0 unspecified atom stereocenters. The summed E-state index contributed by atoms with van der Waals surface area (Å²) in [6, 6.07) is 7.57. The predicted octanol–water partition coefficient (Wildman–Crippen LogP) is 6.63. The number of halogens is 3. The van der Waals surface area contributed by atoms with Crippen LogP contribution in [0.15, 0.2) is 29.2 Å². The first-order valence-corrected chi connectivity index (χ1v) is 20.1. The number of hydrogen-bond donors (Lipinski definition) is 3. The van der Waals surface area contributed by atoms with Gasteiger partial charge in [0.05, 0.1) is 11.9 Å². The predicted molar refractivity (Wildman–Crippen MR) is 192 cm³/mol. The summed E-state index contributed by atoms with van der Waals surface area (Å²) in [6.45, 7) is 9.86. The maximum Gasteiger partial charge on any atom is 0.471 e. The summed E-state index contributed by atoms with van der Waals surface area (Å²) in [6.07, 6.45) is 4.99. The molecule has 8 nitrogen and oxygen atoms in total. The Hall–Kier alpha value is -2.15. The second-order valence-electron chi connectivity index (χ2n) is 16.0. The van der Waals surface area contributed by atoms with Crippen molar-refractivity contribution in [3.8, 4) is 0 Å². The topological polar surface area (TPSA) is 120 Å². The highest BCUT2D eigenvalue weighted by Crippen LogP contribution is 2.69. The molecule has 0 spiro atoms. The van der Waals surface area contributed by atoms with Gasteiger partial charge in [-0.3, -0.25) is 14.4 Å². The Balaban J connectivity index is 1.28. The van der Waals surface area contributed by atoms with Crippen molar-refractivity contribution >= 4 is 29.4 Å². The molecule has 4 N–H and O–H groups in total. The summed E-state index contributed by atoms with van der Waals surface area (Å²) in [7, 11) is 0. The van der Waals surface area contributed by atoms with Crippen molar-refractivity contribution in [1.82, 2.24) is 10.6 Å². The van der Waals surface area contributed by atoms with Crippen molar-refractivity contribution in [2.24, 2.45) is 39.7 Å². The van der Waals surface area contributed by atoms with E-state index in [-0.39, 0.29) is 53.0 Å². The number of fused-ring (bicyclic) bond motifs is 1. The molecule has 51 heavy (non-hydrogen) atoms. The molecule has 1 saturated heterocycles. The van der Waals surface area contributed by atoms with E-state index in [1.165, 1.54) is 11.8 Å². The third-order valence-corrected chi connectivity index (χ3v) is 14.1. The molecule has 0 aromatic heterocycles. The summed E-state index contributed by atoms with van der Waals surface area (Å²) in [5.74, 6) is -1.51. The quantitative estimate of drug-likeness (QED) is 0.0984. The highest BCUT2D eigenvalue weighted by molar-refractivity contribution is 8.00. The van der Waals surface area contributed by atoms with E-state index in [0.717, 1.165) is 81.5 Å². The lowest BCUT2D eigenvalue weighted by atomic mass is 9.43. The Morgan fingerprint density at radius 2 is 1.78 bits per heavy atom. The van der Waals surface area contributed by atoms with Gasteiger partial charge in [-0.2, -0.15) is 13.2 Å². The molecule has 4 fully saturated rings. The van der Waals surface area contributed by atoms with Crippen LogP contribution >= 0.6 is 11.8 Å². The number of alkyl halides is 3. The smallest absolute Gasteiger partial charge is 0.461 e. The zero-order valence-electron chi connectivity index (χ0n) is 30.6. The minimum Gasteiger partial charge on any atom is -0.461 e. The molecule has 0 radical (unpaired) electrons. The van der Waals surface area contributed by atoms with Crippen LogP contribution in [-0.4, -0.2) is 74.6 Å². The van der Waals surface area contributed by atoms with Gasteiger partial charge in [-0.05, 0) is 106 Å². The van der Waals surface area contributed by atoms with Crippen LogP contribution in [0.3, 0.4) is 0 Å². The van der Waals surface area contributed by atoms with Gasteiger partial charge in [0.25, 0.3) is 0 Å². The molecule has 3 aliphatic carbocycles. The number of aryl methyl sites for hydroxylation is 1. The van der Waals surface area contributed by atoms with Crippen LogP contribution in [0.2, 0.25) is 0 Å². The molecule has 286 valence electrons. The Morgan fingerprint density at radius 3 is 2.51 bits per heavy atom. The van der Waals surface area contributed by atoms with E-state index in [1.54, 1.807) is 0 Å². The van der Waals surface area contributed by atoms with Crippen LogP contribution in [-0.2, 0) is 30.3 Å². The zero-order chi connectivity index (χ0) is 36.9.